The first kappa shape index (κ1) is 36.5. The van der Waals surface area contributed by atoms with E-state index in [0.29, 0.717) is 17.9 Å². The Balaban J connectivity index is 1.42. The average Bonchev–Trinajstić information content (AvgIpc) is 3.01. The Morgan fingerprint density at radius 1 is 0.605 bits per heavy atom. The van der Waals surface area contributed by atoms with E-state index in [0.717, 1.165) is 30.0 Å². The van der Waals surface area contributed by atoms with Crippen molar-refractivity contribution in [1.82, 2.24) is 0 Å². The number of esters is 1. The second-order valence-corrected chi connectivity index (χ2v) is 12.0. The molecule has 240 valence electrons. The molecule has 0 bridgehead atoms. The van der Waals surface area contributed by atoms with Gasteiger partial charge < -0.3 is 9.47 Å². The van der Waals surface area contributed by atoms with Gasteiger partial charge in [0.2, 0.25) is 0 Å². The smallest absolute Gasteiger partial charge is 0.338 e. The van der Waals surface area contributed by atoms with Gasteiger partial charge in [-0.3, -0.25) is 0 Å². The molecule has 43 heavy (non-hydrogen) atoms. The van der Waals surface area contributed by atoms with E-state index in [2.05, 4.69) is 17.2 Å². The van der Waals surface area contributed by atoms with E-state index in [9.17, 15) is 4.79 Å². The summed E-state index contributed by atoms with van der Waals surface area (Å²) in [5.74, 6) is 0.556. The Morgan fingerprint density at radius 3 is 1.56 bits per heavy atom. The van der Waals surface area contributed by atoms with E-state index in [-0.39, 0.29) is 5.97 Å². The largest absolute Gasteiger partial charge is 0.494 e. The molecule has 2 rings (SSSR count). The molecule has 0 saturated heterocycles. The summed E-state index contributed by atoms with van der Waals surface area (Å²) in [7, 11) is 0. The van der Waals surface area contributed by atoms with Gasteiger partial charge in [-0.1, -0.05) is 129 Å². The van der Waals surface area contributed by atoms with Crippen molar-refractivity contribution in [2.45, 2.75) is 149 Å². The fraction of sp³-hybridized carbons (Fsp3) is 0.658. The molecule has 0 N–H and O–H groups in total. The van der Waals surface area contributed by atoms with E-state index < -0.39 is 0 Å². The van der Waals surface area contributed by atoms with Gasteiger partial charge >= 0.3 is 5.97 Å². The maximum Gasteiger partial charge on any atom is 0.338 e. The highest BCUT2D eigenvalue weighted by Crippen LogP contribution is 2.26. The van der Waals surface area contributed by atoms with E-state index in [1.165, 1.54) is 122 Å². The van der Waals surface area contributed by atoms with Gasteiger partial charge in [-0.25, -0.2) is 4.79 Å². The van der Waals surface area contributed by atoms with Crippen LogP contribution >= 0.6 is 0 Å². The number of unbranched alkanes of at least 4 members (excludes halogenated alkanes) is 19. The summed E-state index contributed by atoms with van der Waals surface area (Å²) in [6, 6.07) is 12.9. The molecule has 0 fully saturated rings. The standard InChI is InChI=1S/C38H60N2O3/c1-4-6-7-8-9-10-11-12-13-14-15-16-17-18-19-20-21-22-23-24-31-43-36-29-30-37(33(3)32-36)40-39-35-27-25-34(26-28-35)38(41)42-5-2/h25-30,32H,4-24,31H2,1-3H3. The van der Waals surface area contributed by atoms with Crippen LogP contribution in [-0.2, 0) is 4.74 Å². The first-order valence-electron chi connectivity index (χ1n) is 17.6. The van der Waals surface area contributed by atoms with Crippen molar-refractivity contribution in [2.24, 2.45) is 10.2 Å². The molecule has 0 aromatic heterocycles. The molecule has 5 nitrogen and oxygen atoms in total. The lowest BCUT2D eigenvalue weighted by Gasteiger charge is -2.08. The van der Waals surface area contributed by atoms with Crippen LogP contribution in [-0.4, -0.2) is 19.2 Å². The zero-order valence-electron chi connectivity index (χ0n) is 27.7. The van der Waals surface area contributed by atoms with Crippen molar-refractivity contribution in [3.05, 3.63) is 53.6 Å². The lowest BCUT2D eigenvalue weighted by Crippen LogP contribution is -2.03. The highest BCUT2D eigenvalue weighted by Gasteiger charge is 2.06. The SMILES string of the molecule is CCCCCCCCCCCCCCCCCCCCCCOc1ccc(N=Nc2ccc(C(=O)OCC)cc2)c(C)c1. The normalized spacial score (nSPS) is 11.3. The molecule has 0 aliphatic rings. The van der Waals surface area contributed by atoms with Crippen LogP contribution in [0.5, 0.6) is 5.75 Å². The second kappa shape index (κ2) is 24.7. The number of benzene rings is 2. The zero-order chi connectivity index (χ0) is 30.8. The Morgan fingerprint density at radius 2 is 1.09 bits per heavy atom. The zero-order valence-corrected chi connectivity index (χ0v) is 27.7. The number of carbonyl (C=O) groups is 1. The van der Waals surface area contributed by atoms with Gasteiger partial charge in [-0.15, -0.1) is 0 Å². The van der Waals surface area contributed by atoms with Gasteiger partial charge in [0.25, 0.3) is 0 Å². The van der Waals surface area contributed by atoms with Gasteiger partial charge in [0.05, 0.1) is 30.2 Å². The third-order valence-electron chi connectivity index (χ3n) is 8.09. The molecule has 0 radical (unpaired) electrons. The highest BCUT2D eigenvalue weighted by atomic mass is 16.5. The number of ether oxygens (including phenoxy) is 2. The lowest BCUT2D eigenvalue weighted by atomic mass is 10.0. The van der Waals surface area contributed by atoms with Crippen molar-refractivity contribution in [1.29, 1.82) is 0 Å². The Labute approximate surface area is 263 Å². The van der Waals surface area contributed by atoms with E-state index in [4.69, 9.17) is 9.47 Å². The third-order valence-corrected chi connectivity index (χ3v) is 8.09. The van der Waals surface area contributed by atoms with E-state index in [1.54, 1.807) is 31.2 Å². The second-order valence-electron chi connectivity index (χ2n) is 12.0. The summed E-state index contributed by atoms with van der Waals surface area (Å²) < 4.78 is 11.0. The summed E-state index contributed by atoms with van der Waals surface area (Å²) >= 11 is 0. The van der Waals surface area contributed by atoms with Gasteiger partial charge in [-0.05, 0) is 68.3 Å². The molecule has 0 aliphatic heterocycles. The molecule has 5 heteroatoms. The molecular weight excluding hydrogens is 532 g/mol. The Hall–Kier alpha value is -2.69. The fourth-order valence-electron chi connectivity index (χ4n) is 5.37. The minimum absolute atomic E-state index is 0.326. The summed E-state index contributed by atoms with van der Waals surface area (Å²) in [6.07, 6.45) is 27.9. The van der Waals surface area contributed by atoms with Gasteiger partial charge in [-0.2, -0.15) is 10.2 Å². The summed E-state index contributed by atoms with van der Waals surface area (Å²) in [4.78, 5) is 11.8. The van der Waals surface area contributed by atoms with Crippen molar-refractivity contribution < 1.29 is 14.3 Å². The molecule has 2 aromatic carbocycles. The van der Waals surface area contributed by atoms with Gasteiger partial charge in [0, 0.05) is 0 Å². The summed E-state index contributed by atoms with van der Waals surface area (Å²) in [5.41, 5.74) is 3.03. The number of hydrogen-bond donors (Lipinski definition) is 0. The minimum atomic E-state index is -0.326. The van der Waals surface area contributed by atoms with Crippen LogP contribution in [0.2, 0.25) is 0 Å². The molecule has 0 unspecified atom stereocenters. The predicted octanol–water partition coefficient (Wildman–Crippen LogP) is 12.8. The quantitative estimate of drug-likeness (QED) is 0.0620. The Kier molecular flexibility index (Phi) is 21.0. The third kappa shape index (κ3) is 17.9. The van der Waals surface area contributed by atoms with Gasteiger partial charge in [0.15, 0.2) is 0 Å². The van der Waals surface area contributed by atoms with Crippen LogP contribution in [0.4, 0.5) is 11.4 Å². The lowest BCUT2D eigenvalue weighted by molar-refractivity contribution is 0.0526. The van der Waals surface area contributed by atoms with Crippen LogP contribution in [0, 0.1) is 6.92 Å². The predicted molar refractivity (Wildman–Crippen MR) is 181 cm³/mol. The van der Waals surface area contributed by atoms with Crippen LogP contribution in [0.15, 0.2) is 52.7 Å². The van der Waals surface area contributed by atoms with Crippen LogP contribution < -0.4 is 4.74 Å². The molecule has 0 aliphatic carbocycles. The molecule has 0 spiro atoms. The fourth-order valence-corrected chi connectivity index (χ4v) is 5.37. The van der Waals surface area contributed by atoms with Crippen molar-refractivity contribution in [3.63, 3.8) is 0 Å². The Bertz CT molecular complexity index is 1000. The van der Waals surface area contributed by atoms with Crippen molar-refractivity contribution in [3.8, 4) is 5.75 Å². The van der Waals surface area contributed by atoms with Crippen molar-refractivity contribution >= 4 is 17.3 Å². The topological polar surface area (TPSA) is 60.2 Å². The number of azo groups is 1. The molecule has 2 aromatic rings. The molecule has 0 atom stereocenters. The first-order chi connectivity index (χ1) is 21.1. The monoisotopic (exact) mass is 592 g/mol. The summed E-state index contributed by atoms with van der Waals surface area (Å²) in [6.45, 7) is 7.22. The number of rotatable bonds is 26. The number of aryl methyl sites for hydroxylation is 1. The molecule has 0 amide bonds. The summed E-state index contributed by atoms with van der Waals surface area (Å²) in [5, 5.41) is 8.68. The van der Waals surface area contributed by atoms with Crippen LogP contribution in [0.3, 0.4) is 0 Å². The first-order valence-corrected chi connectivity index (χ1v) is 17.6. The maximum atomic E-state index is 11.8. The van der Waals surface area contributed by atoms with Gasteiger partial charge in [0.1, 0.15) is 5.75 Å². The minimum Gasteiger partial charge on any atom is -0.494 e. The number of nitrogens with zero attached hydrogens (tertiary/aromatic N) is 2. The molecular formula is C38H60N2O3. The van der Waals surface area contributed by atoms with E-state index >= 15 is 0 Å². The van der Waals surface area contributed by atoms with Crippen LogP contribution in [0.25, 0.3) is 0 Å². The number of hydrogen-bond acceptors (Lipinski definition) is 5. The van der Waals surface area contributed by atoms with E-state index in [1.807, 2.05) is 25.1 Å². The molecule has 0 heterocycles. The van der Waals surface area contributed by atoms with Crippen LogP contribution in [0.1, 0.15) is 158 Å². The average molecular weight is 593 g/mol. The van der Waals surface area contributed by atoms with Crippen molar-refractivity contribution in [2.75, 3.05) is 13.2 Å². The number of carbonyl (C=O) groups excluding carboxylic acids is 1. The molecule has 0 saturated carbocycles. The maximum absolute atomic E-state index is 11.8. The highest BCUT2D eigenvalue weighted by molar-refractivity contribution is 5.89.